The van der Waals surface area contributed by atoms with Crippen molar-refractivity contribution >= 4 is 28.1 Å². The molecule has 2 rings (SSSR count). The van der Waals surface area contributed by atoms with E-state index < -0.39 is 10.8 Å². The second-order valence-corrected chi connectivity index (χ2v) is 6.39. The SMILES string of the molecule is Cc1ccccc1CS(=O)Cc1ccc(Cl)cc1N. The van der Waals surface area contributed by atoms with E-state index >= 15 is 0 Å². The Morgan fingerprint density at radius 2 is 1.79 bits per heavy atom. The van der Waals surface area contributed by atoms with Gasteiger partial charge in [0.15, 0.2) is 0 Å². The van der Waals surface area contributed by atoms with Gasteiger partial charge in [0.1, 0.15) is 0 Å². The van der Waals surface area contributed by atoms with Crippen LogP contribution in [0.1, 0.15) is 16.7 Å². The molecular weight excluding hydrogens is 278 g/mol. The molecular formula is C15H16ClNOS. The summed E-state index contributed by atoms with van der Waals surface area (Å²) in [5, 5.41) is 0.603. The Morgan fingerprint density at radius 3 is 2.47 bits per heavy atom. The largest absolute Gasteiger partial charge is 0.398 e. The normalized spacial score (nSPS) is 12.3. The van der Waals surface area contributed by atoms with Gasteiger partial charge in [0.25, 0.3) is 0 Å². The molecule has 2 aromatic rings. The van der Waals surface area contributed by atoms with Crippen LogP contribution in [0.25, 0.3) is 0 Å². The van der Waals surface area contributed by atoms with E-state index in [9.17, 15) is 4.21 Å². The molecule has 4 heteroatoms. The first kappa shape index (κ1) is 14.1. The van der Waals surface area contributed by atoms with Crippen molar-refractivity contribution in [1.82, 2.24) is 0 Å². The van der Waals surface area contributed by atoms with Crippen LogP contribution in [0.4, 0.5) is 5.69 Å². The number of aryl methyl sites for hydroxylation is 1. The first-order chi connectivity index (χ1) is 9.06. The predicted octanol–water partition coefficient (Wildman–Crippen LogP) is 3.68. The Kier molecular flexibility index (Phi) is 4.61. The van der Waals surface area contributed by atoms with E-state index in [1.165, 1.54) is 5.56 Å². The zero-order valence-corrected chi connectivity index (χ0v) is 12.3. The van der Waals surface area contributed by atoms with Crippen LogP contribution in [0.3, 0.4) is 0 Å². The summed E-state index contributed by atoms with van der Waals surface area (Å²) in [7, 11) is -0.972. The summed E-state index contributed by atoms with van der Waals surface area (Å²) in [6, 6.07) is 13.3. The Hall–Kier alpha value is -1.32. The van der Waals surface area contributed by atoms with E-state index in [1.54, 1.807) is 12.1 Å². The van der Waals surface area contributed by atoms with E-state index in [0.717, 1.165) is 11.1 Å². The Bertz CT molecular complexity index is 613. The minimum atomic E-state index is -0.972. The van der Waals surface area contributed by atoms with Gasteiger partial charge >= 0.3 is 0 Å². The van der Waals surface area contributed by atoms with Gasteiger partial charge in [0.05, 0.1) is 5.75 Å². The lowest BCUT2D eigenvalue weighted by molar-refractivity contribution is 0.682. The topological polar surface area (TPSA) is 43.1 Å². The number of rotatable bonds is 4. The van der Waals surface area contributed by atoms with Crippen LogP contribution in [0.2, 0.25) is 5.02 Å². The molecule has 0 radical (unpaired) electrons. The summed E-state index contributed by atoms with van der Waals surface area (Å²) in [4.78, 5) is 0. The van der Waals surface area contributed by atoms with Crippen molar-refractivity contribution in [2.75, 3.05) is 5.73 Å². The van der Waals surface area contributed by atoms with Crippen molar-refractivity contribution in [3.63, 3.8) is 0 Å². The molecule has 2 aromatic carbocycles. The Balaban J connectivity index is 2.08. The highest BCUT2D eigenvalue weighted by Crippen LogP contribution is 2.20. The number of halogens is 1. The fourth-order valence-corrected chi connectivity index (χ4v) is 3.43. The Morgan fingerprint density at radius 1 is 1.11 bits per heavy atom. The summed E-state index contributed by atoms with van der Waals surface area (Å²) in [6.07, 6.45) is 0. The van der Waals surface area contributed by atoms with Gasteiger partial charge in [-0.15, -0.1) is 0 Å². The number of benzene rings is 2. The minimum Gasteiger partial charge on any atom is -0.398 e. The lowest BCUT2D eigenvalue weighted by Crippen LogP contribution is -2.03. The van der Waals surface area contributed by atoms with Crippen molar-refractivity contribution < 1.29 is 4.21 Å². The number of hydrogen-bond donors (Lipinski definition) is 1. The van der Waals surface area contributed by atoms with Crippen molar-refractivity contribution in [1.29, 1.82) is 0 Å². The fraction of sp³-hybridized carbons (Fsp3) is 0.200. The molecule has 1 atom stereocenters. The first-order valence-corrected chi connectivity index (χ1v) is 7.86. The van der Waals surface area contributed by atoms with Crippen LogP contribution in [-0.2, 0) is 22.3 Å². The highest BCUT2D eigenvalue weighted by atomic mass is 35.5. The number of nitrogen functional groups attached to an aromatic ring is 1. The predicted molar refractivity (Wildman–Crippen MR) is 82.6 cm³/mol. The molecule has 1 unspecified atom stereocenters. The lowest BCUT2D eigenvalue weighted by atomic mass is 10.1. The maximum absolute atomic E-state index is 12.2. The third-order valence-electron chi connectivity index (χ3n) is 3.00. The minimum absolute atomic E-state index is 0.456. The molecule has 0 amide bonds. The summed E-state index contributed by atoms with van der Waals surface area (Å²) >= 11 is 5.85. The van der Waals surface area contributed by atoms with Crippen molar-refractivity contribution in [3.8, 4) is 0 Å². The molecule has 0 fully saturated rings. The van der Waals surface area contributed by atoms with E-state index in [2.05, 4.69) is 0 Å². The van der Waals surface area contributed by atoms with Gasteiger partial charge in [-0.25, -0.2) is 0 Å². The van der Waals surface area contributed by atoms with Crippen molar-refractivity contribution in [3.05, 3.63) is 64.2 Å². The van der Waals surface area contributed by atoms with E-state index in [4.69, 9.17) is 17.3 Å². The van der Waals surface area contributed by atoms with Crippen LogP contribution in [0, 0.1) is 6.92 Å². The van der Waals surface area contributed by atoms with Gasteiger partial charge in [-0.3, -0.25) is 4.21 Å². The van der Waals surface area contributed by atoms with Crippen molar-refractivity contribution in [2.45, 2.75) is 18.4 Å². The van der Waals surface area contributed by atoms with Gasteiger partial charge < -0.3 is 5.73 Å². The molecule has 0 bridgehead atoms. The van der Waals surface area contributed by atoms with E-state index in [0.29, 0.717) is 22.2 Å². The smallest absolute Gasteiger partial charge is 0.0509 e. The highest BCUT2D eigenvalue weighted by molar-refractivity contribution is 7.83. The summed E-state index contributed by atoms with van der Waals surface area (Å²) < 4.78 is 12.2. The molecule has 2 nitrogen and oxygen atoms in total. The van der Waals surface area contributed by atoms with Gasteiger partial charge in [-0.05, 0) is 35.7 Å². The van der Waals surface area contributed by atoms with Gasteiger partial charge in [-0.2, -0.15) is 0 Å². The second kappa shape index (κ2) is 6.22. The standard InChI is InChI=1S/C15H16ClNOS/c1-11-4-2-3-5-12(11)9-19(18)10-13-6-7-14(16)8-15(13)17/h2-8H,9-10,17H2,1H3. The number of hydrogen-bond acceptors (Lipinski definition) is 2. The average molecular weight is 294 g/mol. The van der Waals surface area contributed by atoms with Crippen LogP contribution >= 0.6 is 11.6 Å². The fourth-order valence-electron chi connectivity index (χ4n) is 1.87. The van der Waals surface area contributed by atoms with Crippen LogP contribution in [0.15, 0.2) is 42.5 Å². The monoisotopic (exact) mass is 293 g/mol. The summed E-state index contributed by atoms with van der Waals surface area (Å²) in [6.45, 7) is 2.03. The van der Waals surface area contributed by atoms with Gasteiger partial charge in [0.2, 0.25) is 0 Å². The molecule has 2 N–H and O–H groups in total. The lowest BCUT2D eigenvalue weighted by Gasteiger charge is -2.08. The number of anilines is 1. The maximum Gasteiger partial charge on any atom is 0.0509 e. The Labute approximate surface area is 121 Å². The van der Waals surface area contributed by atoms with E-state index in [1.807, 2.05) is 37.3 Å². The van der Waals surface area contributed by atoms with Crippen LogP contribution < -0.4 is 5.73 Å². The quantitative estimate of drug-likeness (QED) is 0.874. The molecule has 0 heterocycles. The van der Waals surface area contributed by atoms with Crippen LogP contribution in [-0.4, -0.2) is 4.21 Å². The molecule has 0 aliphatic carbocycles. The van der Waals surface area contributed by atoms with Gasteiger partial charge in [0, 0.05) is 27.3 Å². The van der Waals surface area contributed by atoms with Crippen molar-refractivity contribution in [2.24, 2.45) is 0 Å². The zero-order chi connectivity index (χ0) is 13.8. The first-order valence-electron chi connectivity index (χ1n) is 5.99. The third-order valence-corrected chi connectivity index (χ3v) is 4.50. The molecule has 0 saturated heterocycles. The number of nitrogens with two attached hydrogens (primary N) is 1. The highest BCUT2D eigenvalue weighted by Gasteiger charge is 2.08. The molecule has 0 spiro atoms. The molecule has 100 valence electrons. The van der Waals surface area contributed by atoms with Crippen LogP contribution in [0.5, 0.6) is 0 Å². The summed E-state index contributed by atoms with van der Waals surface area (Å²) in [5.74, 6) is 1.01. The van der Waals surface area contributed by atoms with E-state index in [-0.39, 0.29) is 0 Å². The molecule has 0 aliphatic heterocycles. The second-order valence-electron chi connectivity index (χ2n) is 4.50. The molecule has 0 aliphatic rings. The molecule has 0 aromatic heterocycles. The third kappa shape index (κ3) is 3.82. The molecule has 0 saturated carbocycles. The average Bonchev–Trinajstić information content (AvgIpc) is 2.36. The van der Waals surface area contributed by atoms with Gasteiger partial charge in [-0.1, -0.05) is 41.9 Å². The molecule has 19 heavy (non-hydrogen) atoms. The zero-order valence-electron chi connectivity index (χ0n) is 10.7. The maximum atomic E-state index is 12.2. The summed E-state index contributed by atoms with van der Waals surface area (Å²) in [5.41, 5.74) is 9.65.